The molecule has 0 aliphatic carbocycles. The summed E-state index contributed by atoms with van der Waals surface area (Å²) in [6, 6.07) is 10.9. The van der Waals surface area contributed by atoms with Gasteiger partial charge in [0.2, 0.25) is 5.91 Å². The molecule has 3 rings (SSSR count). The first-order valence-corrected chi connectivity index (χ1v) is 8.87. The normalized spacial score (nSPS) is 29.2. The molecule has 126 valence electrons. The molecule has 2 saturated heterocycles. The van der Waals surface area contributed by atoms with Crippen molar-refractivity contribution in [3.63, 3.8) is 0 Å². The Morgan fingerprint density at radius 3 is 2.83 bits per heavy atom. The van der Waals surface area contributed by atoms with E-state index in [1.165, 1.54) is 5.56 Å². The second-order valence-electron chi connectivity index (χ2n) is 7.02. The van der Waals surface area contributed by atoms with Crippen LogP contribution in [0.4, 0.5) is 0 Å². The Morgan fingerprint density at radius 1 is 1.30 bits per heavy atom. The summed E-state index contributed by atoms with van der Waals surface area (Å²) in [4.78, 5) is 14.9. The molecule has 2 aliphatic heterocycles. The highest BCUT2D eigenvalue weighted by Gasteiger charge is 2.30. The molecular formula is C19H28N2O2. The first kappa shape index (κ1) is 16.5. The van der Waals surface area contributed by atoms with E-state index in [-0.39, 0.29) is 11.8 Å². The molecule has 0 bridgehead atoms. The van der Waals surface area contributed by atoms with E-state index in [1.54, 1.807) is 0 Å². The number of carbonyl (C=O) groups excluding carboxylic acids is 1. The van der Waals surface area contributed by atoms with Crippen LogP contribution in [-0.4, -0.2) is 43.2 Å². The predicted molar refractivity (Wildman–Crippen MR) is 91.0 cm³/mol. The van der Waals surface area contributed by atoms with Crippen molar-refractivity contribution in [2.75, 3.05) is 26.3 Å². The minimum absolute atomic E-state index is 0.0540. The molecule has 1 aromatic carbocycles. The molecule has 0 spiro atoms. The third-order valence-electron chi connectivity index (χ3n) is 5.10. The monoisotopic (exact) mass is 316 g/mol. The molecule has 23 heavy (non-hydrogen) atoms. The highest BCUT2D eigenvalue weighted by Crippen LogP contribution is 2.20. The van der Waals surface area contributed by atoms with E-state index in [4.69, 9.17) is 4.74 Å². The number of nitrogens with zero attached hydrogens (tertiary/aromatic N) is 1. The van der Waals surface area contributed by atoms with Gasteiger partial charge >= 0.3 is 0 Å². The number of hydrogen-bond donors (Lipinski definition) is 1. The molecule has 3 atom stereocenters. The van der Waals surface area contributed by atoms with Gasteiger partial charge in [-0.2, -0.15) is 0 Å². The lowest BCUT2D eigenvalue weighted by Gasteiger charge is -2.38. The molecule has 2 aliphatic rings. The van der Waals surface area contributed by atoms with E-state index in [0.717, 1.165) is 45.5 Å². The zero-order valence-electron chi connectivity index (χ0n) is 14.0. The van der Waals surface area contributed by atoms with Crippen molar-refractivity contribution in [3.05, 3.63) is 35.9 Å². The molecule has 0 saturated carbocycles. The zero-order valence-corrected chi connectivity index (χ0v) is 14.0. The van der Waals surface area contributed by atoms with Crippen LogP contribution in [0.1, 0.15) is 31.7 Å². The van der Waals surface area contributed by atoms with Crippen molar-refractivity contribution >= 4 is 5.91 Å². The van der Waals surface area contributed by atoms with Crippen molar-refractivity contribution in [2.45, 2.75) is 38.8 Å². The molecule has 1 aromatic rings. The van der Waals surface area contributed by atoms with Crippen molar-refractivity contribution in [1.82, 2.24) is 10.2 Å². The van der Waals surface area contributed by atoms with Gasteiger partial charge in [-0.05, 0) is 30.7 Å². The minimum Gasteiger partial charge on any atom is -0.381 e. The number of ether oxygens (including phenoxy) is 1. The highest BCUT2D eigenvalue weighted by atomic mass is 16.5. The number of piperidine rings is 1. The molecule has 4 nitrogen and oxygen atoms in total. The van der Waals surface area contributed by atoms with Crippen molar-refractivity contribution < 1.29 is 9.53 Å². The number of hydrogen-bond acceptors (Lipinski definition) is 3. The summed E-state index contributed by atoms with van der Waals surface area (Å²) in [7, 11) is 0. The van der Waals surface area contributed by atoms with Gasteiger partial charge in [-0.3, -0.25) is 9.69 Å². The smallest absolute Gasteiger partial charge is 0.225 e. The SMILES string of the molecule is C[C@@H]1CN(Cc2ccccc2)CC[C@@H]1NC(=O)[C@@H]1CCCOC1. The van der Waals surface area contributed by atoms with Crippen LogP contribution in [0.2, 0.25) is 0 Å². The number of likely N-dealkylation sites (tertiary alicyclic amines) is 1. The largest absolute Gasteiger partial charge is 0.381 e. The van der Waals surface area contributed by atoms with Gasteiger partial charge < -0.3 is 10.1 Å². The third kappa shape index (κ3) is 4.55. The van der Waals surface area contributed by atoms with Crippen LogP contribution in [0.5, 0.6) is 0 Å². The van der Waals surface area contributed by atoms with Crippen LogP contribution in [0.25, 0.3) is 0 Å². The second-order valence-corrected chi connectivity index (χ2v) is 7.02. The van der Waals surface area contributed by atoms with Crippen molar-refractivity contribution in [2.24, 2.45) is 11.8 Å². The molecule has 0 unspecified atom stereocenters. The van der Waals surface area contributed by atoms with Crippen molar-refractivity contribution in [3.8, 4) is 0 Å². The fourth-order valence-electron chi connectivity index (χ4n) is 3.68. The van der Waals surface area contributed by atoms with Gasteiger partial charge in [-0.25, -0.2) is 0 Å². The van der Waals surface area contributed by atoms with Crippen LogP contribution < -0.4 is 5.32 Å². The van der Waals surface area contributed by atoms with Gasteiger partial charge in [0.1, 0.15) is 0 Å². The molecule has 0 radical (unpaired) electrons. The Bertz CT molecular complexity index is 499. The summed E-state index contributed by atoms with van der Waals surface area (Å²) in [6.07, 6.45) is 3.00. The second kappa shape index (κ2) is 7.93. The lowest BCUT2D eigenvalue weighted by molar-refractivity contribution is -0.130. The van der Waals surface area contributed by atoms with Gasteiger partial charge in [-0.1, -0.05) is 37.3 Å². The Hall–Kier alpha value is -1.39. The lowest BCUT2D eigenvalue weighted by Crippen LogP contribution is -2.51. The van der Waals surface area contributed by atoms with Gasteiger partial charge in [-0.15, -0.1) is 0 Å². The first-order chi connectivity index (χ1) is 11.2. The molecule has 2 fully saturated rings. The quantitative estimate of drug-likeness (QED) is 0.928. The summed E-state index contributed by atoms with van der Waals surface area (Å²) in [6.45, 7) is 6.74. The first-order valence-electron chi connectivity index (χ1n) is 8.87. The summed E-state index contributed by atoms with van der Waals surface area (Å²) >= 11 is 0. The Morgan fingerprint density at radius 2 is 2.13 bits per heavy atom. The van der Waals surface area contributed by atoms with Gasteiger partial charge in [0.25, 0.3) is 0 Å². The molecular weight excluding hydrogens is 288 g/mol. The van der Waals surface area contributed by atoms with Crippen LogP contribution in [-0.2, 0) is 16.1 Å². The molecule has 1 amide bonds. The summed E-state index contributed by atoms with van der Waals surface area (Å²) in [5.74, 6) is 0.734. The lowest BCUT2D eigenvalue weighted by atomic mass is 9.92. The molecule has 0 aromatic heterocycles. The Labute approximate surface area is 139 Å². The fourth-order valence-corrected chi connectivity index (χ4v) is 3.68. The third-order valence-corrected chi connectivity index (χ3v) is 5.10. The maximum Gasteiger partial charge on any atom is 0.225 e. The molecule has 4 heteroatoms. The van der Waals surface area contributed by atoms with E-state index < -0.39 is 0 Å². The summed E-state index contributed by atoms with van der Waals surface area (Å²) in [5.41, 5.74) is 1.36. The molecule has 1 N–H and O–H groups in total. The number of amides is 1. The van der Waals surface area contributed by atoms with E-state index in [1.807, 2.05) is 0 Å². The average molecular weight is 316 g/mol. The maximum atomic E-state index is 12.4. The van der Waals surface area contributed by atoms with Crippen LogP contribution in [0, 0.1) is 11.8 Å². The van der Waals surface area contributed by atoms with E-state index in [9.17, 15) is 4.79 Å². The number of carbonyl (C=O) groups is 1. The Kier molecular flexibility index (Phi) is 5.68. The van der Waals surface area contributed by atoms with Gasteiger partial charge in [0.15, 0.2) is 0 Å². The Balaban J connectivity index is 1.47. The van der Waals surface area contributed by atoms with Crippen LogP contribution in [0.15, 0.2) is 30.3 Å². The number of rotatable bonds is 4. The fraction of sp³-hybridized carbons (Fsp3) is 0.632. The number of benzene rings is 1. The maximum absolute atomic E-state index is 12.4. The van der Waals surface area contributed by atoms with Gasteiger partial charge in [0, 0.05) is 32.3 Å². The summed E-state index contributed by atoms with van der Waals surface area (Å²) < 4.78 is 5.43. The topological polar surface area (TPSA) is 41.6 Å². The predicted octanol–water partition coefficient (Wildman–Crippen LogP) is 2.44. The van der Waals surface area contributed by atoms with E-state index >= 15 is 0 Å². The van der Waals surface area contributed by atoms with Crippen LogP contribution in [0.3, 0.4) is 0 Å². The molecule has 2 heterocycles. The van der Waals surface area contributed by atoms with Gasteiger partial charge in [0.05, 0.1) is 12.5 Å². The summed E-state index contributed by atoms with van der Waals surface area (Å²) in [5, 5.41) is 3.28. The number of nitrogens with one attached hydrogen (secondary N) is 1. The minimum atomic E-state index is 0.0540. The van der Waals surface area contributed by atoms with Crippen molar-refractivity contribution in [1.29, 1.82) is 0 Å². The van der Waals surface area contributed by atoms with E-state index in [0.29, 0.717) is 18.6 Å². The highest BCUT2D eigenvalue weighted by molar-refractivity contribution is 5.79. The standard InChI is InChI=1S/C19H28N2O2/c1-15-12-21(13-16-6-3-2-4-7-16)10-9-18(15)20-19(22)17-8-5-11-23-14-17/h2-4,6-7,15,17-18H,5,8-14H2,1H3,(H,20,22)/t15-,17-,18+/m1/s1. The van der Waals surface area contributed by atoms with Crippen LogP contribution >= 0.6 is 0 Å². The van der Waals surface area contributed by atoms with E-state index in [2.05, 4.69) is 47.5 Å². The average Bonchev–Trinajstić information content (AvgIpc) is 2.59. The zero-order chi connectivity index (χ0) is 16.1.